The molecule has 0 aliphatic rings. The second-order valence-electron chi connectivity index (χ2n) is 5.10. The van der Waals surface area contributed by atoms with Gasteiger partial charge in [-0.25, -0.2) is 4.98 Å². The van der Waals surface area contributed by atoms with Crippen LogP contribution in [0.3, 0.4) is 0 Å². The average molecular weight is 278 g/mol. The van der Waals surface area contributed by atoms with E-state index in [4.69, 9.17) is 4.74 Å². The van der Waals surface area contributed by atoms with Gasteiger partial charge in [-0.05, 0) is 48.5 Å². The van der Waals surface area contributed by atoms with Gasteiger partial charge < -0.3 is 10.1 Å². The lowest BCUT2D eigenvalue weighted by molar-refractivity contribution is 0.461. The minimum atomic E-state index is 0.635. The number of pyridine rings is 1. The van der Waals surface area contributed by atoms with Gasteiger partial charge in [0.15, 0.2) is 0 Å². The lowest BCUT2D eigenvalue weighted by Crippen LogP contribution is -2.06. The smallest absolute Gasteiger partial charge is 0.219 e. The molecule has 0 radical (unpaired) electrons. The van der Waals surface area contributed by atoms with E-state index in [1.807, 2.05) is 44.3 Å². The summed E-state index contributed by atoms with van der Waals surface area (Å²) in [5.74, 6) is 1.44. The second-order valence-corrected chi connectivity index (χ2v) is 5.10. The Hall–Kier alpha value is -2.39. The van der Waals surface area contributed by atoms with Crippen LogP contribution in [0, 0.1) is 6.92 Å². The molecule has 0 spiro atoms. The number of ether oxygens (including phenoxy) is 1. The van der Waals surface area contributed by atoms with Gasteiger partial charge in [0.1, 0.15) is 5.75 Å². The summed E-state index contributed by atoms with van der Waals surface area (Å²) in [5, 5.41) is 5.51. The third kappa shape index (κ3) is 3.20. The summed E-state index contributed by atoms with van der Waals surface area (Å²) in [5.41, 5.74) is 2.12. The van der Waals surface area contributed by atoms with Crippen molar-refractivity contribution in [1.29, 1.82) is 0 Å². The Labute approximate surface area is 124 Å². The van der Waals surface area contributed by atoms with E-state index in [2.05, 4.69) is 34.6 Å². The molecule has 3 heteroatoms. The van der Waals surface area contributed by atoms with Gasteiger partial charge in [0.05, 0.1) is 0 Å². The molecule has 3 nitrogen and oxygen atoms in total. The number of benzene rings is 2. The lowest BCUT2D eigenvalue weighted by atomic mass is 10.1. The van der Waals surface area contributed by atoms with Crippen molar-refractivity contribution in [2.75, 3.05) is 7.05 Å². The standard InChI is InChI=1S/C18H18N2O/c1-13-9-14(12-19-2)10-18(20-13)21-17-8-7-15-5-3-4-6-16(15)11-17/h3-11,19H,12H2,1-2H3. The number of fused-ring (bicyclic) bond motifs is 1. The zero-order valence-electron chi connectivity index (χ0n) is 12.3. The normalized spacial score (nSPS) is 10.8. The summed E-state index contributed by atoms with van der Waals surface area (Å²) in [6.07, 6.45) is 0. The van der Waals surface area contributed by atoms with Crippen molar-refractivity contribution in [2.24, 2.45) is 0 Å². The lowest BCUT2D eigenvalue weighted by Gasteiger charge is -2.09. The highest BCUT2D eigenvalue weighted by molar-refractivity contribution is 5.83. The third-order valence-corrected chi connectivity index (χ3v) is 3.31. The highest BCUT2D eigenvalue weighted by Crippen LogP contribution is 2.25. The molecule has 1 N–H and O–H groups in total. The zero-order chi connectivity index (χ0) is 14.7. The molecule has 1 aromatic heterocycles. The van der Waals surface area contributed by atoms with Gasteiger partial charge in [-0.3, -0.25) is 0 Å². The van der Waals surface area contributed by atoms with Crippen LogP contribution in [0.2, 0.25) is 0 Å². The maximum Gasteiger partial charge on any atom is 0.219 e. The first kappa shape index (κ1) is 13.6. The molecule has 0 saturated heterocycles. The van der Waals surface area contributed by atoms with Gasteiger partial charge in [0.2, 0.25) is 5.88 Å². The first-order valence-corrected chi connectivity index (χ1v) is 7.03. The van der Waals surface area contributed by atoms with Crippen LogP contribution in [0.4, 0.5) is 0 Å². The third-order valence-electron chi connectivity index (χ3n) is 3.31. The van der Waals surface area contributed by atoms with Crippen molar-refractivity contribution in [2.45, 2.75) is 13.5 Å². The topological polar surface area (TPSA) is 34.2 Å². The van der Waals surface area contributed by atoms with Crippen LogP contribution < -0.4 is 10.1 Å². The zero-order valence-corrected chi connectivity index (χ0v) is 12.3. The fourth-order valence-electron chi connectivity index (χ4n) is 2.42. The highest BCUT2D eigenvalue weighted by atomic mass is 16.5. The quantitative estimate of drug-likeness (QED) is 0.781. The van der Waals surface area contributed by atoms with Crippen molar-refractivity contribution >= 4 is 10.8 Å². The summed E-state index contributed by atoms with van der Waals surface area (Å²) in [6.45, 7) is 2.78. The average Bonchev–Trinajstić information content (AvgIpc) is 2.47. The fourth-order valence-corrected chi connectivity index (χ4v) is 2.42. The maximum absolute atomic E-state index is 5.92. The predicted octanol–water partition coefficient (Wildman–Crippen LogP) is 4.05. The first-order chi connectivity index (χ1) is 10.2. The number of hydrogen-bond acceptors (Lipinski definition) is 3. The molecule has 3 rings (SSSR count). The van der Waals surface area contributed by atoms with Crippen molar-refractivity contribution in [3.05, 3.63) is 65.9 Å². The van der Waals surface area contributed by atoms with Crippen LogP contribution in [0.1, 0.15) is 11.3 Å². The second kappa shape index (κ2) is 5.94. The van der Waals surface area contributed by atoms with E-state index in [0.717, 1.165) is 23.4 Å². The van der Waals surface area contributed by atoms with Gasteiger partial charge in [-0.1, -0.05) is 30.3 Å². The number of aryl methyl sites for hydroxylation is 1. The number of nitrogens with one attached hydrogen (secondary N) is 1. The van der Waals surface area contributed by atoms with Crippen LogP contribution in [0.5, 0.6) is 11.6 Å². The number of aromatic nitrogens is 1. The van der Waals surface area contributed by atoms with E-state index in [9.17, 15) is 0 Å². The van der Waals surface area contributed by atoms with Crippen LogP contribution >= 0.6 is 0 Å². The van der Waals surface area contributed by atoms with Gasteiger partial charge in [0.25, 0.3) is 0 Å². The number of hydrogen-bond donors (Lipinski definition) is 1. The van der Waals surface area contributed by atoms with Gasteiger partial charge >= 0.3 is 0 Å². The van der Waals surface area contributed by atoms with E-state index in [0.29, 0.717) is 5.88 Å². The van der Waals surface area contributed by atoms with Crippen molar-refractivity contribution < 1.29 is 4.74 Å². The molecule has 2 aromatic carbocycles. The van der Waals surface area contributed by atoms with Gasteiger partial charge in [-0.2, -0.15) is 0 Å². The molecule has 106 valence electrons. The van der Waals surface area contributed by atoms with Gasteiger partial charge in [0, 0.05) is 18.3 Å². The van der Waals surface area contributed by atoms with E-state index in [1.54, 1.807) is 0 Å². The van der Waals surface area contributed by atoms with Crippen molar-refractivity contribution in [3.63, 3.8) is 0 Å². The van der Waals surface area contributed by atoms with Crippen molar-refractivity contribution in [3.8, 4) is 11.6 Å². The maximum atomic E-state index is 5.92. The Morgan fingerprint density at radius 1 is 1.00 bits per heavy atom. The molecule has 0 bridgehead atoms. The molecule has 0 amide bonds. The minimum Gasteiger partial charge on any atom is -0.439 e. The molecule has 0 saturated carbocycles. The summed E-state index contributed by atoms with van der Waals surface area (Å²) in [4.78, 5) is 4.44. The number of nitrogens with zero attached hydrogens (tertiary/aromatic N) is 1. The van der Waals surface area contributed by atoms with E-state index in [-0.39, 0.29) is 0 Å². The Morgan fingerprint density at radius 2 is 1.81 bits per heavy atom. The number of rotatable bonds is 4. The molecule has 0 unspecified atom stereocenters. The molecular weight excluding hydrogens is 260 g/mol. The first-order valence-electron chi connectivity index (χ1n) is 7.03. The monoisotopic (exact) mass is 278 g/mol. The van der Waals surface area contributed by atoms with E-state index in [1.165, 1.54) is 10.9 Å². The summed E-state index contributed by atoms with van der Waals surface area (Å²) >= 11 is 0. The molecule has 0 fully saturated rings. The predicted molar refractivity (Wildman–Crippen MR) is 85.8 cm³/mol. The molecule has 3 aromatic rings. The van der Waals surface area contributed by atoms with Crippen LogP contribution in [-0.4, -0.2) is 12.0 Å². The molecular formula is C18H18N2O. The molecule has 0 aliphatic carbocycles. The van der Waals surface area contributed by atoms with Gasteiger partial charge in [-0.15, -0.1) is 0 Å². The molecule has 0 atom stereocenters. The minimum absolute atomic E-state index is 0.635. The Morgan fingerprint density at radius 3 is 2.62 bits per heavy atom. The molecule has 0 aliphatic heterocycles. The summed E-state index contributed by atoms with van der Waals surface area (Å²) in [7, 11) is 1.93. The largest absolute Gasteiger partial charge is 0.439 e. The Balaban J connectivity index is 1.90. The van der Waals surface area contributed by atoms with E-state index < -0.39 is 0 Å². The van der Waals surface area contributed by atoms with Crippen LogP contribution in [0.15, 0.2) is 54.6 Å². The highest BCUT2D eigenvalue weighted by Gasteiger charge is 2.03. The van der Waals surface area contributed by atoms with Crippen LogP contribution in [-0.2, 0) is 6.54 Å². The SMILES string of the molecule is CNCc1cc(C)nc(Oc2ccc3ccccc3c2)c1. The molecule has 21 heavy (non-hydrogen) atoms. The Kier molecular flexibility index (Phi) is 3.84. The molecule has 1 heterocycles. The summed E-state index contributed by atoms with van der Waals surface area (Å²) in [6, 6.07) is 18.4. The summed E-state index contributed by atoms with van der Waals surface area (Å²) < 4.78 is 5.92. The van der Waals surface area contributed by atoms with Crippen molar-refractivity contribution in [1.82, 2.24) is 10.3 Å². The van der Waals surface area contributed by atoms with E-state index >= 15 is 0 Å². The fraction of sp³-hybridized carbons (Fsp3) is 0.167. The van der Waals surface area contributed by atoms with Crippen LogP contribution in [0.25, 0.3) is 10.8 Å². The Bertz CT molecular complexity index is 768.